The van der Waals surface area contributed by atoms with Crippen molar-refractivity contribution in [1.82, 2.24) is 19.5 Å². The van der Waals surface area contributed by atoms with Gasteiger partial charge in [0.2, 0.25) is 0 Å². The molecule has 6 aromatic rings. The zero-order valence-corrected chi connectivity index (χ0v) is 20.1. The molecule has 174 valence electrons. The zero-order valence-electron chi connectivity index (χ0n) is 20.1. The summed E-state index contributed by atoms with van der Waals surface area (Å²) in [6.07, 6.45) is 3.30. The molecule has 0 fully saturated rings. The Hall–Kier alpha value is -4.77. The van der Waals surface area contributed by atoms with Gasteiger partial charge in [0.1, 0.15) is 11.6 Å². The fraction of sp³-hybridized carbons (Fsp3) is 0.0645. The first kappa shape index (κ1) is 21.7. The van der Waals surface area contributed by atoms with Crippen LogP contribution in [-0.2, 0) is 7.05 Å². The van der Waals surface area contributed by atoms with Crippen molar-refractivity contribution in [2.75, 3.05) is 0 Å². The standard InChI is InChI=1S/C31H24N4O/c1-20-15-26(29(36)19-33-20)31-34-30-25(11-8-13-28(30)35(31)2)23-16-22(21-9-4-3-5-10-21)17-24(18-23)27-12-6-7-14-32-27/h3-19,36H,1-2H3. The number of hydrogen-bond donors (Lipinski definition) is 1. The summed E-state index contributed by atoms with van der Waals surface area (Å²) in [5, 5.41) is 10.5. The van der Waals surface area contributed by atoms with Gasteiger partial charge < -0.3 is 9.67 Å². The van der Waals surface area contributed by atoms with Crippen LogP contribution in [0.4, 0.5) is 0 Å². The Bertz CT molecular complexity index is 1650. The van der Waals surface area contributed by atoms with E-state index in [4.69, 9.17) is 4.98 Å². The monoisotopic (exact) mass is 468 g/mol. The SMILES string of the molecule is Cc1cc(-c2nc3c(-c4cc(-c5ccccc5)cc(-c5ccccn5)c4)cccc3n2C)c(O)cn1. The number of aromatic nitrogens is 4. The molecule has 0 atom stereocenters. The molecular weight excluding hydrogens is 444 g/mol. The third kappa shape index (κ3) is 3.81. The highest BCUT2D eigenvalue weighted by atomic mass is 16.3. The van der Waals surface area contributed by atoms with Gasteiger partial charge in [0.15, 0.2) is 0 Å². The third-order valence-corrected chi connectivity index (χ3v) is 6.48. The molecule has 0 radical (unpaired) electrons. The van der Waals surface area contributed by atoms with E-state index >= 15 is 0 Å². The number of hydrogen-bond acceptors (Lipinski definition) is 4. The number of pyridine rings is 2. The highest BCUT2D eigenvalue weighted by Crippen LogP contribution is 2.37. The summed E-state index contributed by atoms with van der Waals surface area (Å²) in [5.41, 5.74) is 9.65. The Labute approximate surface area is 209 Å². The van der Waals surface area contributed by atoms with E-state index in [1.165, 1.54) is 6.20 Å². The fourth-order valence-corrected chi connectivity index (χ4v) is 4.68. The average molecular weight is 469 g/mol. The van der Waals surface area contributed by atoms with Crippen molar-refractivity contribution >= 4 is 11.0 Å². The number of benzene rings is 3. The minimum atomic E-state index is 0.115. The molecule has 0 aliphatic heterocycles. The summed E-state index contributed by atoms with van der Waals surface area (Å²) in [7, 11) is 1.98. The first-order chi connectivity index (χ1) is 17.6. The van der Waals surface area contributed by atoms with Gasteiger partial charge in [0.25, 0.3) is 0 Å². The molecule has 3 heterocycles. The third-order valence-electron chi connectivity index (χ3n) is 6.48. The van der Waals surface area contributed by atoms with Crippen LogP contribution < -0.4 is 0 Å². The van der Waals surface area contributed by atoms with Gasteiger partial charge in [-0.1, -0.05) is 48.5 Å². The van der Waals surface area contributed by atoms with E-state index in [2.05, 4.69) is 70.6 Å². The molecule has 0 amide bonds. The molecule has 0 aliphatic carbocycles. The van der Waals surface area contributed by atoms with E-state index in [9.17, 15) is 5.11 Å². The number of para-hydroxylation sites is 1. The van der Waals surface area contributed by atoms with Gasteiger partial charge in [-0.3, -0.25) is 9.97 Å². The predicted molar refractivity (Wildman–Crippen MR) is 144 cm³/mol. The van der Waals surface area contributed by atoms with Gasteiger partial charge >= 0.3 is 0 Å². The van der Waals surface area contributed by atoms with Crippen molar-refractivity contribution in [1.29, 1.82) is 0 Å². The largest absolute Gasteiger partial charge is 0.506 e. The lowest BCUT2D eigenvalue weighted by molar-refractivity contribution is 0.473. The van der Waals surface area contributed by atoms with Gasteiger partial charge in [-0.05, 0) is 66.1 Å². The Balaban J connectivity index is 1.59. The number of nitrogens with zero attached hydrogens (tertiary/aromatic N) is 4. The molecular formula is C31H24N4O. The fourth-order valence-electron chi connectivity index (χ4n) is 4.68. The minimum absolute atomic E-state index is 0.115. The minimum Gasteiger partial charge on any atom is -0.506 e. The molecule has 36 heavy (non-hydrogen) atoms. The maximum absolute atomic E-state index is 10.5. The second-order valence-corrected chi connectivity index (χ2v) is 8.89. The molecule has 3 aromatic heterocycles. The van der Waals surface area contributed by atoms with Gasteiger partial charge in [0, 0.05) is 30.1 Å². The second kappa shape index (κ2) is 8.78. The summed E-state index contributed by atoms with van der Waals surface area (Å²) in [4.78, 5) is 13.8. The summed E-state index contributed by atoms with van der Waals surface area (Å²) in [6, 6.07) is 31.0. The normalized spacial score (nSPS) is 11.2. The van der Waals surface area contributed by atoms with Crippen molar-refractivity contribution in [3.8, 4) is 50.6 Å². The summed E-state index contributed by atoms with van der Waals surface area (Å²) in [5.74, 6) is 0.814. The Morgan fingerprint density at radius 1 is 0.694 bits per heavy atom. The van der Waals surface area contributed by atoms with Crippen LogP contribution in [0.1, 0.15) is 5.69 Å². The number of imidazole rings is 1. The molecule has 0 bridgehead atoms. The maximum atomic E-state index is 10.5. The summed E-state index contributed by atoms with van der Waals surface area (Å²) in [6.45, 7) is 1.91. The van der Waals surface area contributed by atoms with Crippen LogP contribution in [0.2, 0.25) is 0 Å². The van der Waals surface area contributed by atoms with Crippen LogP contribution in [-0.4, -0.2) is 24.6 Å². The molecule has 0 saturated heterocycles. The van der Waals surface area contributed by atoms with E-state index in [-0.39, 0.29) is 5.75 Å². The number of rotatable bonds is 4. The summed E-state index contributed by atoms with van der Waals surface area (Å²) >= 11 is 0. The van der Waals surface area contributed by atoms with Crippen LogP contribution in [0, 0.1) is 6.92 Å². The molecule has 0 spiro atoms. The molecule has 5 nitrogen and oxygen atoms in total. The highest BCUT2D eigenvalue weighted by Gasteiger charge is 2.18. The zero-order chi connectivity index (χ0) is 24.6. The van der Waals surface area contributed by atoms with Crippen molar-refractivity contribution < 1.29 is 5.11 Å². The molecule has 0 unspecified atom stereocenters. The molecule has 3 aromatic carbocycles. The molecule has 1 N–H and O–H groups in total. The lowest BCUT2D eigenvalue weighted by atomic mass is 9.94. The second-order valence-electron chi connectivity index (χ2n) is 8.89. The topological polar surface area (TPSA) is 63.8 Å². The molecule has 0 saturated carbocycles. The quantitative estimate of drug-likeness (QED) is 0.301. The lowest BCUT2D eigenvalue weighted by Crippen LogP contribution is -1.94. The van der Waals surface area contributed by atoms with Crippen LogP contribution >= 0.6 is 0 Å². The average Bonchev–Trinajstić information content (AvgIpc) is 3.27. The van der Waals surface area contributed by atoms with E-state index in [1.54, 1.807) is 0 Å². The lowest BCUT2D eigenvalue weighted by Gasteiger charge is -2.11. The van der Waals surface area contributed by atoms with Crippen LogP contribution in [0.3, 0.4) is 0 Å². The van der Waals surface area contributed by atoms with Crippen LogP contribution in [0.15, 0.2) is 103 Å². The van der Waals surface area contributed by atoms with Crippen LogP contribution in [0.25, 0.3) is 55.9 Å². The van der Waals surface area contributed by atoms with Gasteiger partial charge in [0.05, 0.1) is 28.5 Å². The number of aryl methyl sites for hydroxylation is 2. The Morgan fingerprint density at radius 3 is 2.28 bits per heavy atom. The molecule has 5 heteroatoms. The number of aromatic hydroxyl groups is 1. The van der Waals surface area contributed by atoms with E-state index in [0.717, 1.165) is 50.2 Å². The van der Waals surface area contributed by atoms with E-state index < -0.39 is 0 Å². The smallest absolute Gasteiger partial charge is 0.144 e. The van der Waals surface area contributed by atoms with Gasteiger partial charge in [-0.25, -0.2) is 4.98 Å². The summed E-state index contributed by atoms with van der Waals surface area (Å²) < 4.78 is 2.02. The Kier molecular flexibility index (Phi) is 5.30. The molecule has 6 rings (SSSR count). The first-order valence-electron chi connectivity index (χ1n) is 11.8. The van der Waals surface area contributed by atoms with Gasteiger partial charge in [-0.2, -0.15) is 0 Å². The Morgan fingerprint density at radius 2 is 1.47 bits per heavy atom. The van der Waals surface area contributed by atoms with E-state index in [0.29, 0.717) is 11.4 Å². The van der Waals surface area contributed by atoms with Crippen molar-refractivity contribution in [3.63, 3.8) is 0 Å². The van der Waals surface area contributed by atoms with E-state index in [1.807, 2.05) is 55.1 Å². The number of fused-ring (bicyclic) bond motifs is 1. The first-order valence-corrected chi connectivity index (χ1v) is 11.8. The van der Waals surface area contributed by atoms with Crippen molar-refractivity contribution in [3.05, 3.63) is 109 Å². The van der Waals surface area contributed by atoms with Crippen LogP contribution in [0.5, 0.6) is 5.75 Å². The van der Waals surface area contributed by atoms with Gasteiger partial charge in [-0.15, -0.1) is 0 Å². The van der Waals surface area contributed by atoms with Crippen molar-refractivity contribution in [2.45, 2.75) is 6.92 Å². The highest BCUT2D eigenvalue weighted by molar-refractivity contribution is 5.96. The molecule has 0 aliphatic rings. The van der Waals surface area contributed by atoms with Crippen molar-refractivity contribution in [2.24, 2.45) is 7.05 Å². The predicted octanol–water partition coefficient (Wildman–Crippen LogP) is 7.05. The maximum Gasteiger partial charge on any atom is 0.144 e.